The van der Waals surface area contributed by atoms with E-state index in [-0.39, 0.29) is 18.2 Å². The maximum Gasteiger partial charge on any atom is 0.170 e. The van der Waals surface area contributed by atoms with E-state index in [2.05, 4.69) is 5.16 Å². The third-order valence-electron chi connectivity index (χ3n) is 2.87. The standard InChI is InChI=1S/C15H16N2O4/c1-20-14-8-11(15(16)17-19)5-6-13(14)21-9-10-3-2-4-12(18)7-10/h2-8,18-19H,9H2,1H3,(H2,16,17). The van der Waals surface area contributed by atoms with Gasteiger partial charge < -0.3 is 25.5 Å². The number of oxime groups is 1. The van der Waals surface area contributed by atoms with E-state index in [1.54, 1.807) is 36.4 Å². The minimum atomic E-state index is -0.00664. The van der Waals surface area contributed by atoms with Crippen molar-refractivity contribution >= 4 is 5.84 Å². The van der Waals surface area contributed by atoms with Crippen LogP contribution >= 0.6 is 0 Å². The first-order valence-electron chi connectivity index (χ1n) is 6.20. The molecule has 2 rings (SSSR count). The fraction of sp³-hybridized carbons (Fsp3) is 0.133. The fourth-order valence-electron chi connectivity index (χ4n) is 1.81. The van der Waals surface area contributed by atoms with Crippen molar-refractivity contribution in [1.29, 1.82) is 0 Å². The van der Waals surface area contributed by atoms with Gasteiger partial charge in [0.1, 0.15) is 12.4 Å². The lowest BCUT2D eigenvalue weighted by atomic mass is 10.2. The monoisotopic (exact) mass is 288 g/mol. The molecule has 0 aliphatic heterocycles. The Morgan fingerprint density at radius 3 is 2.67 bits per heavy atom. The second kappa shape index (κ2) is 6.51. The van der Waals surface area contributed by atoms with E-state index >= 15 is 0 Å². The summed E-state index contributed by atoms with van der Waals surface area (Å²) in [6, 6.07) is 11.8. The molecule has 0 unspecified atom stereocenters. The smallest absolute Gasteiger partial charge is 0.170 e. The number of nitrogens with two attached hydrogens (primary N) is 1. The average molecular weight is 288 g/mol. The van der Waals surface area contributed by atoms with Crippen molar-refractivity contribution in [2.45, 2.75) is 6.61 Å². The zero-order valence-electron chi connectivity index (χ0n) is 11.5. The number of hydrogen-bond donors (Lipinski definition) is 3. The van der Waals surface area contributed by atoms with E-state index in [0.29, 0.717) is 17.1 Å². The number of hydrogen-bond acceptors (Lipinski definition) is 5. The third-order valence-corrected chi connectivity index (χ3v) is 2.87. The van der Waals surface area contributed by atoms with Crippen molar-refractivity contribution in [3.63, 3.8) is 0 Å². The first kappa shape index (κ1) is 14.5. The Balaban J connectivity index is 2.16. The summed E-state index contributed by atoms with van der Waals surface area (Å²) in [6.45, 7) is 0.285. The molecule has 0 saturated heterocycles. The number of ether oxygens (including phenoxy) is 2. The van der Waals surface area contributed by atoms with Gasteiger partial charge >= 0.3 is 0 Å². The van der Waals surface area contributed by atoms with Crippen LogP contribution in [0.2, 0.25) is 0 Å². The molecule has 0 fully saturated rings. The van der Waals surface area contributed by atoms with Gasteiger partial charge in [0.15, 0.2) is 17.3 Å². The van der Waals surface area contributed by atoms with E-state index in [0.717, 1.165) is 5.56 Å². The highest BCUT2D eigenvalue weighted by atomic mass is 16.5. The number of amidine groups is 1. The molecule has 6 nitrogen and oxygen atoms in total. The Morgan fingerprint density at radius 2 is 2.00 bits per heavy atom. The van der Waals surface area contributed by atoms with Crippen molar-refractivity contribution < 1.29 is 19.8 Å². The topological polar surface area (TPSA) is 97.3 Å². The zero-order chi connectivity index (χ0) is 15.2. The Hall–Kier alpha value is -2.89. The lowest BCUT2D eigenvalue weighted by Crippen LogP contribution is -2.13. The molecule has 0 aromatic heterocycles. The first-order chi connectivity index (χ1) is 10.1. The molecule has 2 aromatic carbocycles. The second-order valence-electron chi connectivity index (χ2n) is 4.31. The minimum absolute atomic E-state index is 0.00664. The highest BCUT2D eigenvalue weighted by molar-refractivity contribution is 5.97. The SMILES string of the molecule is COc1cc(/C(N)=N/O)ccc1OCc1cccc(O)c1. The Morgan fingerprint density at radius 1 is 1.19 bits per heavy atom. The molecule has 0 radical (unpaired) electrons. The van der Waals surface area contributed by atoms with Gasteiger partial charge in [-0.3, -0.25) is 0 Å². The van der Waals surface area contributed by atoms with Crippen LogP contribution in [0.4, 0.5) is 0 Å². The van der Waals surface area contributed by atoms with E-state index in [9.17, 15) is 5.11 Å². The van der Waals surface area contributed by atoms with Gasteiger partial charge in [0.05, 0.1) is 7.11 Å². The van der Waals surface area contributed by atoms with Crippen LogP contribution < -0.4 is 15.2 Å². The number of nitrogens with zero attached hydrogens (tertiary/aromatic N) is 1. The van der Waals surface area contributed by atoms with Crippen LogP contribution in [0.5, 0.6) is 17.2 Å². The van der Waals surface area contributed by atoms with Gasteiger partial charge in [-0.15, -0.1) is 0 Å². The molecule has 0 aliphatic carbocycles. The van der Waals surface area contributed by atoms with Crippen LogP contribution in [0.15, 0.2) is 47.6 Å². The summed E-state index contributed by atoms with van der Waals surface area (Å²) < 4.78 is 10.9. The first-order valence-corrected chi connectivity index (χ1v) is 6.20. The number of rotatable bonds is 5. The lowest BCUT2D eigenvalue weighted by Gasteiger charge is -2.12. The summed E-state index contributed by atoms with van der Waals surface area (Å²) >= 11 is 0. The predicted octanol–water partition coefficient (Wildman–Crippen LogP) is 2.07. The van der Waals surface area contributed by atoms with E-state index in [4.69, 9.17) is 20.4 Å². The molecule has 0 amide bonds. The van der Waals surface area contributed by atoms with Crippen LogP contribution in [0, 0.1) is 0 Å². The Labute approximate surface area is 122 Å². The molecule has 6 heteroatoms. The molecule has 110 valence electrons. The maximum absolute atomic E-state index is 9.40. The van der Waals surface area contributed by atoms with Crippen molar-refractivity contribution in [2.75, 3.05) is 7.11 Å². The second-order valence-corrected chi connectivity index (χ2v) is 4.31. The van der Waals surface area contributed by atoms with Crippen LogP contribution in [0.3, 0.4) is 0 Å². The largest absolute Gasteiger partial charge is 0.508 e. The molecule has 4 N–H and O–H groups in total. The zero-order valence-corrected chi connectivity index (χ0v) is 11.5. The van der Waals surface area contributed by atoms with Gasteiger partial charge in [-0.2, -0.15) is 0 Å². The normalized spacial score (nSPS) is 11.2. The predicted molar refractivity (Wildman–Crippen MR) is 77.9 cm³/mol. The van der Waals surface area contributed by atoms with Gasteiger partial charge in [0.25, 0.3) is 0 Å². The number of methoxy groups -OCH3 is 1. The molecule has 21 heavy (non-hydrogen) atoms. The highest BCUT2D eigenvalue weighted by Gasteiger charge is 2.08. The molecule has 0 spiro atoms. The summed E-state index contributed by atoms with van der Waals surface area (Å²) in [5, 5.41) is 21.0. The molecule has 0 atom stereocenters. The highest BCUT2D eigenvalue weighted by Crippen LogP contribution is 2.29. The van der Waals surface area contributed by atoms with E-state index in [1.165, 1.54) is 7.11 Å². The van der Waals surface area contributed by atoms with Crippen molar-refractivity contribution in [2.24, 2.45) is 10.9 Å². The molecular weight excluding hydrogens is 272 g/mol. The van der Waals surface area contributed by atoms with Crippen molar-refractivity contribution in [1.82, 2.24) is 0 Å². The molecule has 0 heterocycles. The Kier molecular flexibility index (Phi) is 4.50. The van der Waals surface area contributed by atoms with E-state index < -0.39 is 0 Å². The average Bonchev–Trinajstić information content (AvgIpc) is 2.52. The summed E-state index contributed by atoms with van der Waals surface area (Å²) in [4.78, 5) is 0. The number of aromatic hydroxyl groups is 1. The maximum atomic E-state index is 9.40. The van der Waals surface area contributed by atoms with Crippen LogP contribution in [-0.2, 0) is 6.61 Å². The Bertz CT molecular complexity index is 656. The van der Waals surface area contributed by atoms with E-state index in [1.807, 2.05) is 6.07 Å². The fourth-order valence-corrected chi connectivity index (χ4v) is 1.81. The summed E-state index contributed by atoms with van der Waals surface area (Å²) in [5.41, 5.74) is 6.88. The van der Waals surface area contributed by atoms with Gasteiger partial charge in [-0.05, 0) is 35.9 Å². The summed E-state index contributed by atoms with van der Waals surface area (Å²) in [7, 11) is 1.51. The molecule has 0 aliphatic rings. The molecule has 0 saturated carbocycles. The van der Waals surface area contributed by atoms with Crippen molar-refractivity contribution in [3.05, 3.63) is 53.6 Å². The van der Waals surface area contributed by atoms with Crippen LogP contribution in [-0.4, -0.2) is 23.3 Å². The van der Waals surface area contributed by atoms with Gasteiger partial charge in [0, 0.05) is 5.56 Å². The number of benzene rings is 2. The summed E-state index contributed by atoms with van der Waals surface area (Å²) in [6.07, 6.45) is 0. The van der Waals surface area contributed by atoms with Gasteiger partial charge in [-0.1, -0.05) is 17.3 Å². The quantitative estimate of drug-likeness (QED) is 0.339. The van der Waals surface area contributed by atoms with Gasteiger partial charge in [-0.25, -0.2) is 0 Å². The third kappa shape index (κ3) is 3.56. The molecular formula is C15H16N2O4. The van der Waals surface area contributed by atoms with Gasteiger partial charge in [0.2, 0.25) is 0 Å². The van der Waals surface area contributed by atoms with Crippen LogP contribution in [0.25, 0.3) is 0 Å². The lowest BCUT2D eigenvalue weighted by molar-refractivity contribution is 0.284. The molecule has 2 aromatic rings. The minimum Gasteiger partial charge on any atom is -0.508 e. The number of phenols is 1. The van der Waals surface area contributed by atoms with Crippen LogP contribution in [0.1, 0.15) is 11.1 Å². The number of phenolic OH excluding ortho intramolecular Hbond substituents is 1. The van der Waals surface area contributed by atoms with Crippen molar-refractivity contribution in [3.8, 4) is 17.2 Å². The molecule has 0 bridgehead atoms. The summed E-state index contributed by atoms with van der Waals surface area (Å²) in [5.74, 6) is 1.17.